The van der Waals surface area contributed by atoms with Gasteiger partial charge in [0.25, 0.3) is 0 Å². The van der Waals surface area contributed by atoms with Crippen molar-refractivity contribution in [1.29, 1.82) is 0 Å². The number of unbranched alkanes of at least 4 members (excludes halogenated alkanes) is 2. The van der Waals surface area contributed by atoms with Crippen LogP contribution < -0.4 is 52.6 Å². The molecule has 3 aromatic rings. The number of hydrogen-bond acceptors (Lipinski definition) is 15. The Labute approximate surface area is 522 Å². The zero-order valence-electron chi connectivity index (χ0n) is 49.6. The predicted molar refractivity (Wildman–Crippen MR) is 333 cm³/mol. The van der Waals surface area contributed by atoms with Crippen molar-refractivity contribution in [2.75, 3.05) is 60.6 Å². The van der Waals surface area contributed by atoms with Crippen molar-refractivity contribution in [2.45, 2.75) is 135 Å². The molecular formula is C59H81Br2ClN10O14. The van der Waals surface area contributed by atoms with Gasteiger partial charge in [-0.3, -0.25) is 39.6 Å². The Balaban J connectivity index is 1.38. The molecule has 0 spiro atoms. The summed E-state index contributed by atoms with van der Waals surface area (Å²) in [4.78, 5) is 113. The molecule has 1 aromatic heterocycles. The van der Waals surface area contributed by atoms with E-state index in [0.717, 1.165) is 11.1 Å². The van der Waals surface area contributed by atoms with E-state index in [4.69, 9.17) is 36.3 Å². The standard InChI is InChI=1S/C59H81Br2ClN10O14/c1-32(2)50(70-47(73)19-10-9-11-22-65-53(76)37(30-60)31-61)55(78)68-41(17-14-24-66-56(63)79)54(77)67-40-21-20-39(38-16-13-23-64-51(38)40)69-57(80)85-43-28-48(74)72(6)42-26-36(27-44(83-7)49(42)62)25-33(3)15-12-18-46(84-8)59(82)29-45(86-58(81)71-59)35(5)52(75)34(43)4/h12-13,15-16,18,20-21,23,26-27,32,34-35,37,41,43,45-46,50,52,75,82H,9-11,14,17,19,22,24-25,28-31H2,1-8H3,(H,65,76)(H,67,77)(H,68,78)(H,69,80)(H,70,73)(H,71,81)(H3,63,66,79)/b18-12+,33-15+/t34-,35-,41+,43+,45+,46-,50+,52-,59+/m1/s1. The molecule has 24 nitrogen and oxygen atoms in total. The number of carbonyl (C=O) groups excluding carboxylic acids is 8. The number of allylic oxidation sites excluding steroid dienone is 3. The Bertz CT molecular complexity index is 2950. The Hall–Kier alpha value is -6.58. The fourth-order valence-corrected chi connectivity index (χ4v) is 12.0. The van der Waals surface area contributed by atoms with E-state index in [1.165, 1.54) is 44.5 Å². The number of urea groups is 1. The quantitative estimate of drug-likeness (QED) is 0.0343. The summed E-state index contributed by atoms with van der Waals surface area (Å²) in [7, 11) is 4.33. The van der Waals surface area contributed by atoms with Crippen LogP contribution in [0.4, 0.5) is 31.4 Å². The molecule has 0 saturated carbocycles. The number of primary amides is 1. The maximum Gasteiger partial charge on any atom is 0.411 e. The van der Waals surface area contributed by atoms with Crippen molar-refractivity contribution in [3.63, 3.8) is 0 Å². The first-order valence-corrected chi connectivity index (χ1v) is 31.0. The van der Waals surface area contributed by atoms with Crippen LogP contribution in [0.25, 0.3) is 10.9 Å². The number of alkyl carbamates (subject to hydrolysis) is 1. The normalized spacial score (nSPS) is 22.7. The summed E-state index contributed by atoms with van der Waals surface area (Å²) in [6, 6.07) is 6.66. The highest BCUT2D eigenvalue weighted by atomic mass is 79.9. The zero-order valence-corrected chi connectivity index (χ0v) is 53.6. The molecule has 1 saturated heterocycles. The van der Waals surface area contributed by atoms with Crippen molar-refractivity contribution < 1.29 is 67.5 Å². The minimum absolute atomic E-state index is 0.0311. The van der Waals surface area contributed by atoms with Crippen molar-refractivity contribution in [3.8, 4) is 5.75 Å². The lowest BCUT2D eigenvalue weighted by atomic mass is 9.81. The topological polar surface area (TPSA) is 340 Å². The smallest absolute Gasteiger partial charge is 0.411 e. The number of nitrogens with zero attached hydrogens (tertiary/aromatic N) is 2. The number of halogens is 3. The van der Waals surface area contributed by atoms with E-state index >= 15 is 0 Å². The third-order valence-electron chi connectivity index (χ3n) is 15.1. The molecule has 27 heteroatoms. The van der Waals surface area contributed by atoms with Crippen LogP contribution >= 0.6 is 43.5 Å². The first-order chi connectivity index (χ1) is 40.8. The second-order valence-electron chi connectivity index (χ2n) is 21.9. The molecule has 2 aliphatic heterocycles. The minimum Gasteiger partial charge on any atom is -0.495 e. The average Bonchev–Trinajstić information content (AvgIpc) is 1.73. The summed E-state index contributed by atoms with van der Waals surface area (Å²) in [6.07, 6.45) is 1.44. The highest BCUT2D eigenvalue weighted by molar-refractivity contribution is 9.09. The van der Waals surface area contributed by atoms with Gasteiger partial charge in [-0.15, -0.1) is 0 Å². The van der Waals surface area contributed by atoms with Crippen LogP contribution in [0.3, 0.4) is 0 Å². The number of ether oxygens (including phenoxy) is 4. The second kappa shape index (κ2) is 33.5. The molecule has 2 aromatic carbocycles. The summed E-state index contributed by atoms with van der Waals surface area (Å²) in [5.41, 5.74) is 5.75. The van der Waals surface area contributed by atoms with Gasteiger partial charge in [-0.05, 0) is 86.9 Å². The van der Waals surface area contributed by atoms with Crippen molar-refractivity contribution in [3.05, 3.63) is 77.0 Å². The summed E-state index contributed by atoms with van der Waals surface area (Å²) in [5, 5.41) is 44.5. The van der Waals surface area contributed by atoms with Gasteiger partial charge < -0.3 is 66.4 Å². The highest BCUT2D eigenvalue weighted by Crippen LogP contribution is 2.38. The molecule has 3 heterocycles. The number of carbonyl (C=O) groups is 8. The van der Waals surface area contributed by atoms with E-state index in [2.05, 4.69) is 74.1 Å². The lowest BCUT2D eigenvalue weighted by Gasteiger charge is -2.43. The van der Waals surface area contributed by atoms with Crippen LogP contribution in [0.15, 0.2) is 66.4 Å². The summed E-state index contributed by atoms with van der Waals surface area (Å²) < 4.78 is 23.0. The lowest BCUT2D eigenvalue weighted by molar-refractivity contribution is -0.152. The molecule has 9 amide bonds. The van der Waals surface area contributed by atoms with Crippen LogP contribution in [-0.2, 0) is 44.6 Å². The van der Waals surface area contributed by atoms with Crippen LogP contribution in [-0.4, -0.2) is 150 Å². The summed E-state index contributed by atoms with van der Waals surface area (Å²) >= 11 is 13.5. The number of aliphatic hydroxyl groups excluding tert-OH is 1. The number of rotatable bonds is 23. The molecular weight excluding hydrogens is 1270 g/mol. The number of hydrogen-bond donors (Lipinski definition) is 10. The van der Waals surface area contributed by atoms with Crippen LogP contribution in [0.2, 0.25) is 5.02 Å². The SMILES string of the molecule is COc1cc2cc(c1Cl)N(C)C(=O)C[C@H](OC(=O)Nc1ccc(NC(=O)[C@H](CCCNC(N)=O)NC(=O)[C@@H](NC(=O)CCCCCNC(=O)C(CBr)CBr)C(C)C)c3ncccc13)[C@@H](C)[C@@H](O)[C@H](C)[C@@H]1C[C@@](O)(NC(=O)O1)[C@H](OC)/C=C/C=C(\C)C2. The number of nitrogens with two attached hydrogens (primary N) is 1. The molecule has 86 heavy (non-hydrogen) atoms. The number of pyridine rings is 1. The monoisotopic (exact) mass is 1350 g/mol. The van der Waals surface area contributed by atoms with E-state index in [1.807, 2.05) is 6.92 Å². The molecule has 2 aliphatic rings. The van der Waals surface area contributed by atoms with E-state index in [-0.39, 0.29) is 71.9 Å². The highest BCUT2D eigenvalue weighted by Gasteiger charge is 2.49. The van der Waals surface area contributed by atoms with E-state index in [1.54, 1.807) is 70.2 Å². The number of amides is 9. The van der Waals surface area contributed by atoms with Gasteiger partial charge in [0.05, 0.1) is 48.1 Å². The summed E-state index contributed by atoms with van der Waals surface area (Å²) in [6.45, 7) is 9.09. The number of aromatic nitrogens is 1. The van der Waals surface area contributed by atoms with Gasteiger partial charge in [0.1, 0.15) is 41.2 Å². The maximum absolute atomic E-state index is 14.5. The Kier molecular flexibility index (Phi) is 27.4. The van der Waals surface area contributed by atoms with Gasteiger partial charge in [0.2, 0.25) is 29.5 Å². The molecule has 5 rings (SSSR count). The van der Waals surface area contributed by atoms with Gasteiger partial charge >= 0.3 is 18.2 Å². The van der Waals surface area contributed by atoms with Crippen LogP contribution in [0.5, 0.6) is 5.75 Å². The molecule has 4 bridgehead atoms. The fraction of sp³-hybridized carbons (Fsp3) is 0.542. The first-order valence-electron chi connectivity index (χ1n) is 28.4. The predicted octanol–water partition coefficient (Wildman–Crippen LogP) is 6.86. The molecule has 1 fully saturated rings. The van der Waals surface area contributed by atoms with Gasteiger partial charge in [-0.25, -0.2) is 14.4 Å². The third-order valence-corrected chi connectivity index (χ3v) is 17.1. The molecule has 11 N–H and O–H groups in total. The number of fused-ring (bicyclic) bond motifs is 5. The van der Waals surface area contributed by atoms with E-state index < -0.39 is 102 Å². The fourth-order valence-electron chi connectivity index (χ4n) is 10.0. The first kappa shape index (κ1) is 70.2. The number of anilines is 3. The Morgan fingerprint density at radius 3 is 2.33 bits per heavy atom. The molecule has 0 radical (unpaired) electrons. The third kappa shape index (κ3) is 19.7. The van der Waals surface area contributed by atoms with Gasteiger partial charge in [0.15, 0.2) is 5.72 Å². The maximum atomic E-state index is 14.5. The average molecular weight is 1350 g/mol. The van der Waals surface area contributed by atoms with E-state index in [9.17, 15) is 48.6 Å². The number of benzene rings is 2. The van der Waals surface area contributed by atoms with Crippen molar-refractivity contribution >= 4 is 119 Å². The molecule has 472 valence electrons. The molecule has 9 atom stereocenters. The number of nitrogens with one attached hydrogen (secondary N) is 7. The lowest BCUT2D eigenvalue weighted by Crippen LogP contribution is -2.64. The largest absolute Gasteiger partial charge is 0.495 e. The van der Waals surface area contributed by atoms with Gasteiger partial charge in [-0.1, -0.05) is 101 Å². The van der Waals surface area contributed by atoms with Crippen LogP contribution in [0.1, 0.15) is 91.5 Å². The van der Waals surface area contributed by atoms with Gasteiger partial charge in [0, 0.05) is 74.2 Å². The second-order valence-corrected chi connectivity index (χ2v) is 23.6. The van der Waals surface area contributed by atoms with Gasteiger partial charge in [-0.2, -0.15) is 0 Å². The Morgan fingerprint density at radius 2 is 1.65 bits per heavy atom. The number of alkyl halides is 2. The van der Waals surface area contributed by atoms with Crippen LogP contribution in [0, 0.1) is 23.7 Å². The zero-order chi connectivity index (χ0) is 63.4. The van der Waals surface area contributed by atoms with Crippen molar-refractivity contribution in [1.82, 2.24) is 31.6 Å². The minimum atomic E-state index is -1.98. The molecule has 0 aliphatic carbocycles. The number of methoxy groups -OCH3 is 2. The Morgan fingerprint density at radius 1 is 0.942 bits per heavy atom. The number of aliphatic hydroxyl groups is 2. The van der Waals surface area contributed by atoms with E-state index in [0.29, 0.717) is 59.7 Å². The molecule has 0 unspecified atom stereocenters. The summed E-state index contributed by atoms with van der Waals surface area (Å²) in [5.74, 6) is -4.55. The van der Waals surface area contributed by atoms with Crippen molar-refractivity contribution in [2.24, 2.45) is 29.4 Å².